The molecule has 1 saturated heterocycles. The number of anilines is 1. The van der Waals surface area contributed by atoms with Gasteiger partial charge in [-0.15, -0.1) is 0 Å². The Morgan fingerprint density at radius 1 is 1.41 bits per heavy atom. The summed E-state index contributed by atoms with van der Waals surface area (Å²) in [5, 5.41) is 0. The fourth-order valence-corrected chi connectivity index (χ4v) is 2.67. The lowest BCUT2D eigenvalue weighted by Crippen LogP contribution is -2.43. The molecule has 1 fully saturated rings. The van der Waals surface area contributed by atoms with E-state index in [-0.39, 0.29) is 5.82 Å². The predicted molar refractivity (Wildman–Crippen MR) is 69.5 cm³/mol. The lowest BCUT2D eigenvalue weighted by molar-refractivity contribution is 0.363. The summed E-state index contributed by atoms with van der Waals surface area (Å²) in [6.07, 6.45) is 2.48. The second kappa shape index (κ2) is 5.05. The first-order chi connectivity index (χ1) is 8.13. The van der Waals surface area contributed by atoms with E-state index in [2.05, 4.69) is 18.7 Å². The average molecular weight is 236 g/mol. The Hall–Kier alpha value is -1.09. The Labute approximate surface area is 103 Å². The third-order valence-corrected chi connectivity index (χ3v) is 3.94. The van der Waals surface area contributed by atoms with Crippen molar-refractivity contribution in [1.82, 2.24) is 0 Å². The number of nitrogens with two attached hydrogens (primary N) is 1. The van der Waals surface area contributed by atoms with Crippen molar-refractivity contribution < 1.29 is 4.39 Å². The van der Waals surface area contributed by atoms with E-state index in [0.29, 0.717) is 18.5 Å². The van der Waals surface area contributed by atoms with Crippen LogP contribution in [0.5, 0.6) is 0 Å². The molecule has 0 amide bonds. The second-order valence-electron chi connectivity index (χ2n) is 5.03. The van der Waals surface area contributed by atoms with Crippen LogP contribution in [-0.2, 0) is 6.54 Å². The van der Waals surface area contributed by atoms with Crippen LogP contribution < -0.4 is 10.6 Å². The van der Waals surface area contributed by atoms with E-state index in [1.807, 2.05) is 6.07 Å². The van der Waals surface area contributed by atoms with Gasteiger partial charge in [0.05, 0.1) is 0 Å². The van der Waals surface area contributed by atoms with Crippen molar-refractivity contribution in [2.24, 2.45) is 11.7 Å². The minimum Gasteiger partial charge on any atom is -0.368 e. The predicted octanol–water partition coefficient (Wildman–Crippen LogP) is 2.91. The lowest BCUT2D eigenvalue weighted by Gasteiger charge is -2.40. The maximum absolute atomic E-state index is 13.2. The van der Waals surface area contributed by atoms with Crippen LogP contribution >= 0.6 is 0 Å². The van der Waals surface area contributed by atoms with Crippen LogP contribution in [0.4, 0.5) is 10.1 Å². The maximum Gasteiger partial charge on any atom is 0.123 e. The molecule has 3 heteroatoms. The summed E-state index contributed by atoms with van der Waals surface area (Å²) in [6.45, 7) is 5.96. The molecule has 1 aromatic rings. The smallest absolute Gasteiger partial charge is 0.123 e. The summed E-state index contributed by atoms with van der Waals surface area (Å²) in [5.74, 6) is 0.478. The summed E-state index contributed by atoms with van der Waals surface area (Å²) < 4.78 is 13.2. The number of hydrogen-bond donors (Lipinski definition) is 1. The number of rotatable bonds is 2. The van der Waals surface area contributed by atoms with Gasteiger partial charge in [0.25, 0.3) is 0 Å². The highest BCUT2D eigenvalue weighted by molar-refractivity contribution is 5.55. The number of hydrogen-bond acceptors (Lipinski definition) is 2. The first-order valence-electron chi connectivity index (χ1n) is 6.38. The molecule has 0 aromatic heterocycles. The molecule has 0 aliphatic carbocycles. The Kier molecular flexibility index (Phi) is 3.67. The fraction of sp³-hybridized carbons (Fsp3) is 0.571. The molecule has 17 heavy (non-hydrogen) atoms. The van der Waals surface area contributed by atoms with E-state index in [1.165, 1.54) is 18.9 Å². The molecule has 1 aliphatic heterocycles. The van der Waals surface area contributed by atoms with Crippen LogP contribution in [0.3, 0.4) is 0 Å². The summed E-state index contributed by atoms with van der Waals surface area (Å²) in [5.41, 5.74) is 7.73. The van der Waals surface area contributed by atoms with Crippen molar-refractivity contribution in [2.45, 2.75) is 39.3 Å². The highest BCUT2D eigenvalue weighted by atomic mass is 19.1. The largest absolute Gasteiger partial charge is 0.368 e. The number of benzene rings is 1. The Morgan fingerprint density at radius 2 is 2.18 bits per heavy atom. The van der Waals surface area contributed by atoms with Crippen molar-refractivity contribution in [2.75, 3.05) is 11.4 Å². The van der Waals surface area contributed by atoms with E-state index in [4.69, 9.17) is 5.73 Å². The van der Waals surface area contributed by atoms with Gasteiger partial charge in [0.15, 0.2) is 0 Å². The number of nitrogens with zero attached hydrogens (tertiary/aromatic N) is 1. The van der Waals surface area contributed by atoms with Crippen molar-refractivity contribution in [3.8, 4) is 0 Å². The minimum atomic E-state index is -0.202. The quantitative estimate of drug-likeness (QED) is 0.855. The molecular formula is C14H21FN2. The Bertz CT molecular complexity index is 392. The van der Waals surface area contributed by atoms with Gasteiger partial charge in [-0.05, 0) is 49.4 Å². The van der Waals surface area contributed by atoms with Gasteiger partial charge in [0.1, 0.15) is 5.82 Å². The van der Waals surface area contributed by atoms with Gasteiger partial charge in [-0.2, -0.15) is 0 Å². The Balaban J connectivity index is 2.32. The van der Waals surface area contributed by atoms with Gasteiger partial charge >= 0.3 is 0 Å². The van der Waals surface area contributed by atoms with E-state index in [0.717, 1.165) is 17.8 Å². The summed E-state index contributed by atoms with van der Waals surface area (Å²) in [6, 6.07) is 5.45. The van der Waals surface area contributed by atoms with Crippen molar-refractivity contribution >= 4 is 5.69 Å². The summed E-state index contributed by atoms with van der Waals surface area (Å²) in [7, 11) is 0. The van der Waals surface area contributed by atoms with Crippen LogP contribution in [0.15, 0.2) is 18.2 Å². The molecule has 1 heterocycles. The van der Waals surface area contributed by atoms with E-state index in [1.54, 1.807) is 6.07 Å². The van der Waals surface area contributed by atoms with Crippen molar-refractivity contribution in [3.05, 3.63) is 29.6 Å². The van der Waals surface area contributed by atoms with Crippen LogP contribution in [0, 0.1) is 11.7 Å². The standard InChI is InChI=1S/C14H21FN2/c1-10-4-3-7-17(11(10)2)14-6-5-13(15)8-12(14)9-16/h5-6,8,10-11H,3-4,7,9,16H2,1-2H3. The zero-order valence-electron chi connectivity index (χ0n) is 10.6. The van der Waals surface area contributed by atoms with E-state index in [9.17, 15) is 4.39 Å². The normalized spacial score (nSPS) is 25.1. The number of piperidine rings is 1. The summed E-state index contributed by atoms with van der Waals surface area (Å²) in [4.78, 5) is 2.37. The van der Waals surface area contributed by atoms with Gasteiger partial charge in [-0.25, -0.2) is 4.39 Å². The minimum absolute atomic E-state index is 0.202. The molecule has 0 spiro atoms. The van der Waals surface area contributed by atoms with E-state index < -0.39 is 0 Å². The second-order valence-corrected chi connectivity index (χ2v) is 5.03. The molecule has 0 bridgehead atoms. The maximum atomic E-state index is 13.2. The zero-order valence-corrected chi connectivity index (χ0v) is 10.6. The molecule has 2 rings (SSSR count). The molecule has 1 aliphatic rings. The van der Waals surface area contributed by atoms with Crippen LogP contribution in [0.2, 0.25) is 0 Å². The SMILES string of the molecule is CC1CCCN(c2ccc(F)cc2CN)C1C. The fourth-order valence-electron chi connectivity index (χ4n) is 2.67. The highest BCUT2D eigenvalue weighted by Gasteiger charge is 2.26. The Morgan fingerprint density at radius 3 is 2.88 bits per heavy atom. The van der Waals surface area contributed by atoms with Gasteiger partial charge < -0.3 is 10.6 Å². The molecule has 2 nitrogen and oxygen atoms in total. The highest BCUT2D eigenvalue weighted by Crippen LogP contribution is 2.31. The van der Waals surface area contributed by atoms with Crippen LogP contribution in [0.1, 0.15) is 32.3 Å². The molecule has 2 unspecified atom stereocenters. The lowest BCUT2D eigenvalue weighted by atomic mass is 9.91. The van der Waals surface area contributed by atoms with Gasteiger partial charge in [0.2, 0.25) is 0 Å². The van der Waals surface area contributed by atoms with Gasteiger partial charge in [-0.1, -0.05) is 6.92 Å². The van der Waals surface area contributed by atoms with Gasteiger partial charge in [0, 0.05) is 24.8 Å². The molecule has 2 N–H and O–H groups in total. The number of halogens is 1. The third-order valence-electron chi connectivity index (χ3n) is 3.94. The monoisotopic (exact) mass is 236 g/mol. The molecule has 0 saturated carbocycles. The topological polar surface area (TPSA) is 29.3 Å². The summed E-state index contributed by atoms with van der Waals surface area (Å²) >= 11 is 0. The first-order valence-corrected chi connectivity index (χ1v) is 6.38. The van der Waals surface area contributed by atoms with Crippen LogP contribution in [0.25, 0.3) is 0 Å². The van der Waals surface area contributed by atoms with Gasteiger partial charge in [-0.3, -0.25) is 0 Å². The molecular weight excluding hydrogens is 215 g/mol. The van der Waals surface area contributed by atoms with E-state index >= 15 is 0 Å². The van der Waals surface area contributed by atoms with Crippen molar-refractivity contribution in [1.29, 1.82) is 0 Å². The van der Waals surface area contributed by atoms with Crippen molar-refractivity contribution in [3.63, 3.8) is 0 Å². The molecule has 94 valence electrons. The molecule has 0 radical (unpaired) electrons. The molecule has 2 atom stereocenters. The molecule has 1 aromatic carbocycles. The third kappa shape index (κ3) is 2.44. The van der Waals surface area contributed by atoms with Crippen LogP contribution in [-0.4, -0.2) is 12.6 Å². The first kappa shape index (κ1) is 12.4. The average Bonchev–Trinajstić information content (AvgIpc) is 2.33. The zero-order chi connectivity index (χ0) is 12.4.